The van der Waals surface area contributed by atoms with Crippen LogP contribution in [0.1, 0.15) is 0 Å². The Labute approximate surface area is 155 Å². The highest BCUT2D eigenvalue weighted by molar-refractivity contribution is 8.00. The van der Waals surface area contributed by atoms with Crippen LogP contribution < -0.4 is 9.64 Å². The van der Waals surface area contributed by atoms with Crippen molar-refractivity contribution in [1.29, 1.82) is 0 Å². The van der Waals surface area contributed by atoms with E-state index in [0.29, 0.717) is 18.0 Å². The zero-order valence-electron chi connectivity index (χ0n) is 14.5. The lowest BCUT2D eigenvalue weighted by Gasteiger charge is -2.36. The van der Waals surface area contributed by atoms with Crippen LogP contribution in [0, 0.1) is 11.6 Å². The molecule has 0 aliphatic carbocycles. The number of amides is 1. The molecule has 7 heteroatoms. The molecule has 1 aliphatic rings. The van der Waals surface area contributed by atoms with Crippen molar-refractivity contribution in [1.82, 2.24) is 4.90 Å². The zero-order chi connectivity index (χ0) is 18.5. The number of carbonyl (C=O) groups is 1. The van der Waals surface area contributed by atoms with Crippen molar-refractivity contribution in [2.75, 3.05) is 43.9 Å². The lowest BCUT2D eigenvalue weighted by molar-refractivity contribution is -0.128. The predicted octanol–water partition coefficient (Wildman–Crippen LogP) is 3.41. The number of carbonyl (C=O) groups excluding carboxylic acids is 1. The first kappa shape index (κ1) is 18.5. The standard InChI is InChI=1S/C19H20F2N2O2S/c1-25-18-5-3-2-4-17(18)22-8-10-23(11-9-22)19(24)13-26-14-6-7-15(20)16(21)12-14/h2-7,12H,8-11,13H2,1H3. The molecule has 1 fully saturated rings. The smallest absolute Gasteiger partial charge is 0.233 e. The number of methoxy groups -OCH3 is 1. The van der Waals surface area contributed by atoms with Crippen LogP contribution in [0.5, 0.6) is 5.75 Å². The molecule has 0 bridgehead atoms. The van der Waals surface area contributed by atoms with E-state index < -0.39 is 11.6 Å². The monoisotopic (exact) mass is 378 g/mol. The van der Waals surface area contributed by atoms with Gasteiger partial charge in [0.15, 0.2) is 11.6 Å². The number of hydrogen-bond donors (Lipinski definition) is 0. The third-order valence-electron chi connectivity index (χ3n) is 4.31. The molecule has 4 nitrogen and oxygen atoms in total. The summed E-state index contributed by atoms with van der Waals surface area (Å²) in [7, 11) is 1.65. The molecule has 1 amide bonds. The fourth-order valence-electron chi connectivity index (χ4n) is 2.89. The van der Waals surface area contributed by atoms with Crippen LogP contribution in [0.25, 0.3) is 0 Å². The fourth-order valence-corrected chi connectivity index (χ4v) is 3.71. The van der Waals surface area contributed by atoms with Crippen molar-refractivity contribution >= 4 is 23.4 Å². The van der Waals surface area contributed by atoms with E-state index >= 15 is 0 Å². The summed E-state index contributed by atoms with van der Waals surface area (Å²) >= 11 is 1.22. The molecule has 1 aliphatic heterocycles. The van der Waals surface area contributed by atoms with E-state index in [1.165, 1.54) is 17.8 Å². The minimum atomic E-state index is -0.895. The summed E-state index contributed by atoms with van der Waals surface area (Å²) in [5.74, 6) is -0.749. The van der Waals surface area contributed by atoms with Crippen molar-refractivity contribution in [3.63, 3.8) is 0 Å². The highest BCUT2D eigenvalue weighted by Gasteiger charge is 2.22. The number of nitrogens with zero attached hydrogens (tertiary/aromatic N) is 2. The highest BCUT2D eigenvalue weighted by atomic mass is 32.2. The number of rotatable bonds is 5. The molecule has 0 saturated carbocycles. The van der Waals surface area contributed by atoms with E-state index in [1.54, 1.807) is 12.0 Å². The van der Waals surface area contributed by atoms with Gasteiger partial charge in [-0.15, -0.1) is 11.8 Å². The maximum Gasteiger partial charge on any atom is 0.233 e. The average molecular weight is 378 g/mol. The molecular formula is C19H20F2N2O2S. The number of hydrogen-bond acceptors (Lipinski definition) is 4. The van der Waals surface area contributed by atoms with Gasteiger partial charge in [-0.2, -0.15) is 0 Å². The molecular weight excluding hydrogens is 358 g/mol. The summed E-state index contributed by atoms with van der Waals surface area (Å²) in [5.41, 5.74) is 1.03. The van der Waals surface area contributed by atoms with Crippen molar-refractivity contribution in [2.24, 2.45) is 0 Å². The molecule has 1 saturated heterocycles. The quantitative estimate of drug-likeness (QED) is 0.747. The average Bonchev–Trinajstić information content (AvgIpc) is 2.68. The van der Waals surface area contributed by atoms with Crippen molar-refractivity contribution in [3.05, 3.63) is 54.1 Å². The lowest BCUT2D eigenvalue weighted by atomic mass is 10.2. The minimum absolute atomic E-state index is 0.000546. The maximum atomic E-state index is 13.2. The number of ether oxygens (including phenoxy) is 1. The topological polar surface area (TPSA) is 32.8 Å². The molecule has 0 aromatic heterocycles. The van der Waals surface area contributed by atoms with E-state index in [-0.39, 0.29) is 11.7 Å². The molecule has 0 spiro atoms. The summed E-state index contributed by atoms with van der Waals surface area (Å²) in [6, 6.07) is 11.5. The normalized spacial score (nSPS) is 14.4. The van der Waals surface area contributed by atoms with Crippen LogP contribution in [-0.4, -0.2) is 49.8 Å². The number of anilines is 1. The molecule has 0 unspecified atom stereocenters. The van der Waals surface area contributed by atoms with Crippen LogP contribution in [0.15, 0.2) is 47.4 Å². The van der Waals surface area contributed by atoms with Crippen LogP contribution in [0.2, 0.25) is 0 Å². The Hall–Kier alpha value is -2.28. The number of halogens is 2. The highest BCUT2D eigenvalue weighted by Crippen LogP contribution is 2.28. The fraction of sp³-hybridized carbons (Fsp3) is 0.316. The molecule has 2 aromatic rings. The third kappa shape index (κ3) is 4.27. The Morgan fingerprint density at radius 2 is 1.81 bits per heavy atom. The molecule has 138 valence electrons. The van der Waals surface area contributed by atoms with Crippen LogP contribution in [0.4, 0.5) is 14.5 Å². The molecule has 2 aromatic carbocycles. The van der Waals surface area contributed by atoms with Gasteiger partial charge < -0.3 is 14.5 Å². The first-order chi connectivity index (χ1) is 12.6. The summed E-state index contributed by atoms with van der Waals surface area (Å²) in [4.78, 5) is 16.9. The Balaban J connectivity index is 1.52. The second-order valence-electron chi connectivity index (χ2n) is 5.90. The second-order valence-corrected chi connectivity index (χ2v) is 6.95. The molecule has 3 rings (SSSR count). The van der Waals surface area contributed by atoms with Gasteiger partial charge in [0.05, 0.1) is 18.6 Å². The van der Waals surface area contributed by atoms with Crippen LogP contribution >= 0.6 is 11.8 Å². The Bertz CT molecular complexity index is 780. The zero-order valence-corrected chi connectivity index (χ0v) is 15.3. The van der Waals surface area contributed by atoms with Gasteiger partial charge in [-0.1, -0.05) is 12.1 Å². The number of para-hydroxylation sites is 2. The van der Waals surface area contributed by atoms with Crippen LogP contribution in [-0.2, 0) is 4.79 Å². The van der Waals surface area contributed by atoms with Gasteiger partial charge in [0, 0.05) is 31.1 Å². The van der Waals surface area contributed by atoms with E-state index in [1.807, 2.05) is 24.3 Å². The maximum absolute atomic E-state index is 13.2. The molecule has 0 N–H and O–H groups in total. The van der Waals surface area contributed by atoms with E-state index in [9.17, 15) is 13.6 Å². The third-order valence-corrected chi connectivity index (χ3v) is 5.29. The van der Waals surface area contributed by atoms with Crippen molar-refractivity contribution < 1.29 is 18.3 Å². The summed E-state index contributed by atoms with van der Waals surface area (Å²) in [5, 5.41) is 0. The number of benzene rings is 2. The predicted molar refractivity (Wildman–Crippen MR) is 98.9 cm³/mol. The SMILES string of the molecule is COc1ccccc1N1CCN(C(=O)CSc2ccc(F)c(F)c2)CC1. The van der Waals surface area contributed by atoms with Crippen molar-refractivity contribution in [3.8, 4) is 5.75 Å². The summed E-state index contributed by atoms with van der Waals surface area (Å²) in [6.07, 6.45) is 0. The van der Waals surface area contributed by atoms with Gasteiger partial charge in [-0.3, -0.25) is 4.79 Å². The van der Waals surface area contributed by atoms with Gasteiger partial charge >= 0.3 is 0 Å². The Morgan fingerprint density at radius 3 is 2.50 bits per heavy atom. The largest absolute Gasteiger partial charge is 0.495 e. The van der Waals surface area contributed by atoms with E-state index in [0.717, 1.165) is 36.7 Å². The lowest BCUT2D eigenvalue weighted by Crippen LogP contribution is -2.49. The first-order valence-electron chi connectivity index (χ1n) is 8.32. The van der Waals surface area contributed by atoms with Gasteiger partial charge in [0.2, 0.25) is 5.91 Å². The van der Waals surface area contributed by atoms with Gasteiger partial charge in [0.25, 0.3) is 0 Å². The molecule has 0 radical (unpaired) electrons. The molecule has 0 atom stereocenters. The number of thioether (sulfide) groups is 1. The van der Waals surface area contributed by atoms with Gasteiger partial charge in [0.1, 0.15) is 5.75 Å². The summed E-state index contributed by atoms with van der Waals surface area (Å²) < 4.78 is 31.6. The number of piperazine rings is 1. The Kier molecular flexibility index (Phi) is 5.98. The van der Waals surface area contributed by atoms with Crippen LogP contribution in [0.3, 0.4) is 0 Å². The minimum Gasteiger partial charge on any atom is -0.495 e. The molecule has 26 heavy (non-hydrogen) atoms. The second kappa shape index (κ2) is 8.40. The first-order valence-corrected chi connectivity index (χ1v) is 9.30. The van der Waals surface area contributed by atoms with E-state index in [2.05, 4.69) is 4.90 Å². The van der Waals surface area contributed by atoms with E-state index in [4.69, 9.17) is 4.74 Å². The van der Waals surface area contributed by atoms with Gasteiger partial charge in [-0.25, -0.2) is 8.78 Å². The Morgan fingerprint density at radius 1 is 1.08 bits per heavy atom. The van der Waals surface area contributed by atoms with Gasteiger partial charge in [-0.05, 0) is 30.3 Å². The summed E-state index contributed by atoms with van der Waals surface area (Å²) in [6.45, 7) is 2.69. The molecule has 1 heterocycles. The van der Waals surface area contributed by atoms with Crippen molar-refractivity contribution in [2.45, 2.75) is 4.90 Å².